The first-order valence-electron chi connectivity index (χ1n) is 5.28. The zero-order chi connectivity index (χ0) is 10.9. The van der Waals surface area contributed by atoms with Crippen molar-refractivity contribution in [2.24, 2.45) is 0 Å². The van der Waals surface area contributed by atoms with Gasteiger partial charge in [-0.15, -0.1) is 0 Å². The van der Waals surface area contributed by atoms with Gasteiger partial charge in [-0.2, -0.15) is 0 Å². The lowest BCUT2D eigenvalue weighted by Gasteiger charge is -2.43. The Morgan fingerprint density at radius 3 is 2.29 bits per heavy atom. The molecular formula is C11H22N2O. The van der Waals surface area contributed by atoms with Gasteiger partial charge in [-0.3, -0.25) is 14.6 Å². The van der Waals surface area contributed by atoms with Gasteiger partial charge in [-0.05, 0) is 54.4 Å². The van der Waals surface area contributed by atoms with E-state index in [0.29, 0.717) is 5.78 Å². The number of carbonyl (C=O) groups is 1. The minimum Gasteiger partial charge on any atom is -0.300 e. The molecule has 1 aliphatic rings. The van der Waals surface area contributed by atoms with Crippen LogP contribution in [0.4, 0.5) is 0 Å². The van der Waals surface area contributed by atoms with E-state index in [1.165, 1.54) is 0 Å². The Hall–Kier alpha value is -0.410. The number of nitrogens with zero attached hydrogens (tertiary/aromatic N) is 2. The van der Waals surface area contributed by atoms with Gasteiger partial charge in [0.25, 0.3) is 0 Å². The maximum atomic E-state index is 12.2. The van der Waals surface area contributed by atoms with Crippen LogP contribution in [0.1, 0.15) is 26.2 Å². The van der Waals surface area contributed by atoms with Crippen molar-refractivity contribution in [2.75, 3.05) is 28.2 Å². The monoisotopic (exact) mass is 198 g/mol. The largest absolute Gasteiger partial charge is 0.300 e. The van der Waals surface area contributed by atoms with E-state index in [4.69, 9.17) is 0 Å². The lowest BCUT2D eigenvalue weighted by atomic mass is 9.78. The molecule has 1 rings (SSSR count). The van der Waals surface area contributed by atoms with Crippen LogP contribution < -0.4 is 0 Å². The highest BCUT2D eigenvalue weighted by atomic mass is 16.1. The van der Waals surface area contributed by atoms with Crippen LogP contribution in [0.2, 0.25) is 0 Å². The molecular weight excluding hydrogens is 176 g/mol. The van der Waals surface area contributed by atoms with Gasteiger partial charge < -0.3 is 0 Å². The fourth-order valence-electron chi connectivity index (χ4n) is 2.19. The first-order valence-corrected chi connectivity index (χ1v) is 5.28. The highest BCUT2D eigenvalue weighted by molar-refractivity contribution is 5.93. The summed E-state index contributed by atoms with van der Waals surface area (Å²) in [6.07, 6.45) is 3.14. The predicted molar refractivity (Wildman–Crippen MR) is 58.4 cm³/mol. The molecule has 14 heavy (non-hydrogen) atoms. The second-order valence-corrected chi connectivity index (χ2v) is 4.90. The first-order chi connectivity index (χ1) is 6.39. The van der Waals surface area contributed by atoms with Gasteiger partial charge >= 0.3 is 0 Å². The standard InChI is InChI=1S/C11H22N2O/c1-11(13(4)5)8-6-7-9(10(11)14)12(2)3/h9H,6-8H2,1-5H3/t9-,11+/m1/s1. The third kappa shape index (κ3) is 1.84. The minimum absolute atomic E-state index is 0.108. The summed E-state index contributed by atoms with van der Waals surface area (Å²) in [6.45, 7) is 2.06. The van der Waals surface area contributed by atoms with Crippen molar-refractivity contribution in [2.45, 2.75) is 37.8 Å². The smallest absolute Gasteiger partial charge is 0.169 e. The summed E-state index contributed by atoms with van der Waals surface area (Å²) in [5.74, 6) is 0.374. The van der Waals surface area contributed by atoms with Gasteiger partial charge in [0, 0.05) is 0 Å². The molecule has 0 heterocycles. The van der Waals surface area contributed by atoms with E-state index in [0.717, 1.165) is 19.3 Å². The quantitative estimate of drug-likeness (QED) is 0.661. The summed E-state index contributed by atoms with van der Waals surface area (Å²) in [6, 6.07) is 0.108. The fraction of sp³-hybridized carbons (Fsp3) is 0.909. The molecule has 0 aromatic heterocycles. The van der Waals surface area contributed by atoms with Crippen LogP contribution in [0.5, 0.6) is 0 Å². The summed E-state index contributed by atoms with van der Waals surface area (Å²) >= 11 is 0. The Labute approximate surface area is 87.1 Å². The van der Waals surface area contributed by atoms with E-state index in [1.807, 2.05) is 33.1 Å². The third-order valence-electron chi connectivity index (χ3n) is 3.59. The summed E-state index contributed by atoms with van der Waals surface area (Å²) in [5, 5.41) is 0. The predicted octanol–water partition coefficient (Wildman–Crippen LogP) is 0.990. The van der Waals surface area contributed by atoms with Crippen molar-refractivity contribution in [1.82, 2.24) is 9.80 Å². The zero-order valence-electron chi connectivity index (χ0n) is 10.0. The van der Waals surface area contributed by atoms with Crippen LogP contribution in [-0.4, -0.2) is 55.4 Å². The van der Waals surface area contributed by atoms with Crippen LogP contribution in [0, 0.1) is 0 Å². The molecule has 1 saturated carbocycles. The van der Waals surface area contributed by atoms with Crippen LogP contribution in [0.15, 0.2) is 0 Å². The van der Waals surface area contributed by atoms with Crippen molar-refractivity contribution in [3.05, 3.63) is 0 Å². The van der Waals surface area contributed by atoms with Crippen molar-refractivity contribution in [1.29, 1.82) is 0 Å². The Bertz CT molecular complexity index is 225. The third-order valence-corrected chi connectivity index (χ3v) is 3.59. The number of rotatable bonds is 2. The summed E-state index contributed by atoms with van der Waals surface area (Å²) < 4.78 is 0. The molecule has 3 nitrogen and oxygen atoms in total. The molecule has 82 valence electrons. The second-order valence-electron chi connectivity index (χ2n) is 4.90. The first kappa shape index (κ1) is 11.7. The highest BCUT2D eigenvalue weighted by Crippen LogP contribution is 2.30. The maximum absolute atomic E-state index is 12.2. The van der Waals surface area contributed by atoms with Gasteiger partial charge in [0.1, 0.15) is 0 Å². The van der Waals surface area contributed by atoms with Crippen molar-refractivity contribution in [3.63, 3.8) is 0 Å². The van der Waals surface area contributed by atoms with Crippen LogP contribution in [-0.2, 0) is 4.79 Å². The van der Waals surface area contributed by atoms with Crippen molar-refractivity contribution >= 4 is 5.78 Å². The van der Waals surface area contributed by atoms with Crippen molar-refractivity contribution in [3.8, 4) is 0 Å². The number of carbonyl (C=O) groups excluding carboxylic acids is 1. The number of hydrogen-bond donors (Lipinski definition) is 0. The summed E-state index contributed by atoms with van der Waals surface area (Å²) in [5.41, 5.74) is -0.257. The molecule has 2 atom stereocenters. The topological polar surface area (TPSA) is 23.6 Å². The van der Waals surface area contributed by atoms with Gasteiger partial charge in [0.15, 0.2) is 5.78 Å². The second kappa shape index (κ2) is 3.99. The molecule has 0 aromatic carbocycles. The maximum Gasteiger partial charge on any atom is 0.169 e. The summed E-state index contributed by atoms with van der Waals surface area (Å²) in [7, 11) is 7.97. The Morgan fingerprint density at radius 1 is 1.29 bits per heavy atom. The molecule has 0 amide bonds. The van der Waals surface area contributed by atoms with E-state index >= 15 is 0 Å². The molecule has 0 radical (unpaired) electrons. The lowest BCUT2D eigenvalue weighted by molar-refractivity contribution is -0.136. The molecule has 3 heteroatoms. The van der Waals surface area contributed by atoms with E-state index in [1.54, 1.807) is 0 Å². The summed E-state index contributed by atoms with van der Waals surface area (Å²) in [4.78, 5) is 16.4. The average Bonchev–Trinajstić information content (AvgIpc) is 2.09. The fourth-order valence-corrected chi connectivity index (χ4v) is 2.19. The van der Waals surface area contributed by atoms with Gasteiger partial charge in [0.2, 0.25) is 0 Å². The molecule has 1 aliphatic carbocycles. The van der Waals surface area contributed by atoms with Crippen molar-refractivity contribution < 1.29 is 4.79 Å². The Morgan fingerprint density at radius 2 is 1.86 bits per heavy atom. The Kier molecular flexibility index (Phi) is 3.32. The van der Waals surface area contributed by atoms with Crippen LogP contribution in [0.3, 0.4) is 0 Å². The van der Waals surface area contributed by atoms with E-state index in [-0.39, 0.29) is 11.6 Å². The SMILES string of the molecule is CN(C)[C@@H]1CCC[C@](C)(N(C)C)C1=O. The lowest BCUT2D eigenvalue weighted by Crippen LogP contribution is -2.58. The molecule has 0 aliphatic heterocycles. The molecule has 0 bridgehead atoms. The highest BCUT2D eigenvalue weighted by Gasteiger charge is 2.43. The van der Waals surface area contributed by atoms with Crippen LogP contribution >= 0.6 is 0 Å². The molecule has 1 fully saturated rings. The van der Waals surface area contributed by atoms with E-state index < -0.39 is 0 Å². The molecule has 0 aromatic rings. The van der Waals surface area contributed by atoms with Gasteiger partial charge in [-0.25, -0.2) is 0 Å². The number of Topliss-reactive ketones (excluding diaryl/α,β-unsaturated/α-hetero) is 1. The zero-order valence-corrected chi connectivity index (χ0v) is 10.0. The average molecular weight is 198 g/mol. The normalized spacial score (nSPS) is 34.2. The molecule has 0 spiro atoms. The van der Waals surface area contributed by atoms with Crippen LogP contribution in [0.25, 0.3) is 0 Å². The minimum atomic E-state index is -0.257. The number of ketones is 1. The van der Waals surface area contributed by atoms with E-state index in [2.05, 4.69) is 11.8 Å². The van der Waals surface area contributed by atoms with Gasteiger partial charge in [-0.1, -0.05) is 0 Å². The molecule has 0 unspecified atom stereocenters. The van der Waals surface area contributed by atoms with Gasteiger partial charge in [0.05, 0.1) is 11.6 Å². The molecule has 0 saturated heterocycles. The van der Waals surface area contributed by atoms with E-state index in [9.17, 15) is 4.79 Å². The Balaban J connectivity index is 2.86. The number of likely N-dealkylation sites (N-methyl/N-ethyl adjacent to an activating group) is 2. The molecule has 0 N–H and O–H groups in total. The number of hydrogen-bond acceptors (Lipinski definition) is 3.